The van der Waals surface area contributed by atoms with E-state index in [9.17, 15) is 13.2 Å². The topological polar surface area (TPSA) is 114 Å². The van der Waals surface area contributed by atoms with Gasteiger partial charge in [0, 0.05) is 26.2 Å². The number of carbonyl (C=O) groups excluding carboxylic acids is 1. The van der Waals surface area contributed by atoms with Gasteiger partial charge in [0.05, 0.1) is 37.8 Å². The van der Waals surface area contributed by atoms with Crippen LogP contribution in [-0.4, -0.2) is 75.8 Å². The van der Waals surface area contributed by atoms with E-state index in [1.807, 2.05) is 4.90 Å². The molecule has 1 saturated heterocycles. The molecular formula is C18H23N5O5S. The molecule has 1 aliphatic heterocycles. The Morgan fingerprint density at radius 3 is 2.17 bits per heavy atom. The lowest BCUT2D eigenvalue weighted by Crippen LogP contribution is -2.49. The minimum atomic E-state index is -3.49. The van der Waals surface area contributed by atoms with Crippen LogP contribution in [0.25, 0.3) is 0 Å². The fraction of sp³-hybridized carbons (Fsp3) is 0.389. The zero-order valence-electron chi connectivity index (χ0n) is 16.5. The summed E-state index contributed by atoms with van der Waals surface area (Å²) >= 11 is 0. The second kappa shape index (κ2) is 8.52. The third kappa shape index (κ3) is 5.05. The van der Waals surface area contributed by atoms with Gasteiger partial charge < -0.3 is 19.3 Å². The minimum absolute atomic E-state index is 0.236. The first-order valence-electron chi connectivity index (χ1n) is 8.89. The molecule has 3 rings (SSSR count). The lowest BCUT2D eigenvalue weighted by molar-refractivity contribution is 0.0747. The molecule has 2 aromatic rings. The van der Waals surface area contributed by atoms with Crippen LogP contribution >= 0.6 is 0 Å². The normalized spacial score (nSPS) is 14.4. The molecule has 0 unspecified atom stereocenters. The number of rotatable bonds is 6. The van der Waals surface area contributed by atoms with Gasteiger partial charge in [-0.15, -0.1) is 0 Å². The van der Waals surface area contributed by atoms with Crippen molar-refractivity contribution in [2.24, 2.45) is 0 Å². The second-order valence-electron chi connectivity index (χ2n) is 6.45. The van der Waals surface area contributed by atoms with Crippen LogP contribution in [0.3, 0.4) is 0 Å². The summed E-state index contributed by atoms with van der Waals surface area (Å²) in [6.45, 7) is 1.91. The number of sulfonamides is 1. The van der Waals surface area contributed by atoms with Gasteiger partial charge in [0.15, 0.2) is 0 Å². The second-order valence-corrected chi connectivity index (χ2v) is 8.20. The first kappa shape index (κ1) is 20.6. The van der Waals surface area contributed by atoms with Crippen LogP contribution in [0.15, 0.2) is 30.3 Å². The number of nitrogens with zero attached hydrogens (tertiary/aromatic N) is 4. The number of carbonyl (C=O) groups is 1. The van der Waals surface area contributed by atoms with E-state index in [1.165, 1.54) is 14.2 Å². The number of hydrogen-bond donors (Lipinski definition) is 1. The van der Waals surface area contributed by atoms with Crippen molar-refractivity contribution in [1.29, 1.82) is 0 Å². The summed E-state index contributed by atoms with van der Waals surface area (Å²) < 4.78 is 35.9. The lowest BCUT2D eigenvalue weighted by Gasteiger charge is -2.35. The average molecular weight is 421 g/mol. The largest absolute Gasteiger partial charge is 0.481 e. The van der Waals surface area contributed by atoms with Crippen molar-refractivity contribution < 1.29 is 22.7 Å². The average Bonchev–Trinajstić information content (AvgIpc) is 2.72. The Morgan fingerprint density at radius 1 is 1.03 bits per heavy atom. The van der Waals surface area contributed by atoms with Gasteiger partial charge in [-0.2, -0.15) is 9.97 Å². The molecule has 1 fully saturated rings. The summed E-state index contributed by atoms with van der Waals surface area (Å²) in [7, 11) is -0.455. The first-order chi connectivity index (χ1) is 13.8. The van der Waals surface area contributed by atoms with Crippen LogP contribution in [0.2, 0.25) is 0 Å². The first-order valence-corrected chi connectivity index (χ1v) is 10.8. The van der Waals surface area contributed by atoms with Gasteiger partial charge in [0.2, 0.25) is 27.7 Å². The number of ether oxygens (including phenoxy) is 2. The van der Waals surface area contributed by atoms with Crippen molar-refractivity contribution >= 4 is 27.6 Å². The lowest BCUT2D eigenvalue weighted by atomic mass is 10.1. The SMILES string of the molecule is COc1cc(OC)nc(N2CCN(C(=O)c3ccccc3NS(C)(=O)=O)CC2)n1. The molecule has 0 saturated carbocycles. The minimum Gasteiger partial charge on any atom is -0.481 e. The van der Waals surface area contributed by atoms with Gasteiger partial charge >= 0.3 is 0 Å². The van der Waals surface area contributed by atoms with Crippen LogP contribution in [0, 0.1) is 0 Å². The number of nitrogens with one attached hydrogen (secondary N) is 1. The van der Waals surface area contributed by atoms with E-state index >= 15 is 0 Å². The van der Waals surface area contributed by atoms with Crippen molar-refractivity contribution in [3.8, 4) is 11.8 Å². The third-order valence-corrected chi connectivity index (χ3v) is 4.98. The Balaban J connectivity index is 1.73. The zero-order valence-corrected chi connectivity index (χ0v) is 17.3. The van der Waals surface area contributed by atoms with Crippen molar-refractivity contribution in [1.82, 2.24) is 14.9 Å². The molecule has 2 heterocycles. The third-order valence-electron chi connectivity index (χ3n) is 4.39. The molecule has 1 N–H and O–H groups in total. The number of para-hydroxylation sites is 1. The van der Waals surface area contributed by atoms with Crippen LogP contribution in [-0.2, 0) is 10.0 Å². The summed E-state index contributed by atoms with van der Waals surface area (Å²) in [6, 6.07) is 8.15. The zero-order chi connectivity index (χ0) is 21.0. The molecule has 156 valence electrons. The Labute approximate surface area is 169 Å². The molecule has 11 heteroatoms. The van der Waals surface area contributed by atoms with Gasteiger partial charge in [-0.1, -0.05) is 12.1 Å². The molecule has 0 spiro atoms. The number of amides is 1. The molecule has 0 aliphatic carbocycles. The monoisotopic (exact) mass is 421 g/mol. The van der Waals surface area contributed by atoms with E-state index in [1.54, 1.807) is 35.2 Å². The molecule has 1 amide bonds. The number of methoxy groups -OCH3 is 2. The van der Waals surface area contributed by atoms with E-state index in [2.05, 4.69) is 14.7 Å². The summed E-state index contributed by atoms with van der Waals surface area (Å²) in [4.78, 5) is 25.2. The Bertz CT molecular complexity index is 968. The van der Waals surface area contributed by atoms with Crippen LogP contribution < -0.4 is 19.1 Å². The summed E-state index contributed by atoms with van der Waals surface area (Å²) in [6.07, 6.45) is 1.05. The summed E-state index contributed by atoms with van der Waals surface area (Å²) in [5.74, 6) is 1.02. The molecule has 0 atom stereocenters. The molecule has 1 aliphatic rings. The maximum atomic E-state index is 13.0. The predicted molar refractivity (Wildman–Crippen MR) is 108 cm³/mol. The van der Waals surface area contributed by atoms with Crippen LogP contribution in [0.1, 0.15) is 10.4 Å². The smallest absolute Gasteiger partial charge is 0.256 e. The van der Waals surface area contributed by atoms with Gasteiger partial charge in [-0.25, -0.2) is 8.42 Å². The predicted octanol–water partition coefficient (Wildman–Crippen LogP) is 0.828. The standard InChI is InChI=1S/C18H23N5O5S/c1-27-15-12-16(28-2)20-18(19-15)23-10-8-22(9-11-23)17(24)13-6-4-5-7-14(13)21-29(3,25)26/h4-7,12,21H,8-11H2,1-3H3. The quantitative estimate of drug-likeness (QED) is 0.730. The van der Waals surface area contributed by atoms with Crippen LogP contribution in [0.4, 0.5) is 11.6 Å². The highest BCUT2D eigenvalue weighted by Crippen LogP contribution is 2.23. The maximum absolute atomic E-state index is 13.0. The number of anilines is 2. The highest BCUT2D eigenvalue weighted by atomic mass is 32.2. The Kier molecular flexibility index (Phi) is 6.06. The Morgan fingerprint density at radius 2 is 1.62 bits per heavy atom. The molecule has 1 aromatic carbocycles. The number of hydrogen-bond acceptors (Lipinski definition) is 8. The van der Waals surface area contributed by atoms with E-state index in [4.69, 9.17) is 9.47 Å². The molecule has 0 radical (unpaired) electrons. The molecule has 29 heavy (non-hydrogen) atoms. The van der Waals surface area contributed by atoms with Crippen molar-refractivity contribution in [3.63, 3.8) is 0 Å². The van der Waals surface area contributed by atoms with E-state index in [0.717, 1.165) is 6.26 Å². The van der Waals surface area contributed by atoms with Crippen molar-refractivity contribution in [2.45, 2.75) is 0 Å². The highest BCUT2D eigenvalue weighted by Gasteiger charge is 2.26. The van der Waals surface area contributed by atoms with Crippen molar-refractivity contribution in [2.75, 3.05) is 56.3 Å². The Hall–Kier alpha value is -3.08. The molecule has 10 nitrogen and oxygen atoms in total. The summed E-state index contributed by atoms with van der Waals surface area (Å²) in [5, 5.41) is 0. The van der Waals surface area contributed by atoms with Gasteiger partial charge in [-0.3, -0.25) is 9.52 Å². The summed E-state index contributed by atoms with van der Waals surface area (Å²) in [5.41, 5.74) is 0.578. The van der Waals surface area contributed by atoms with Gasteiger partial charge in [-0.05, 0) is 12.1 Å². The van der Waals surface area contributed by atoms with E-state index < -0.39 is 10.0 Å². The molecule has 0 bridgehead atoms. The fourth-order valence-corrected chi connectivity index (χ4v) is 3.56. The number of piperazine rings is 1. The molecule has 1 aromatic heterocycles. The fourth-order valence-electron chi connectivity index (χ4n) is 2.98. The van der Waals surface area contributed by atoms with Crippen LogP contribution in [0.5, 0.6) is 11.8 Å². The van der Waals surface area contributed by atoms with Gasteiger partial charge in [0.25, 0.3) is 5.91 Å². The van der Waals surface area contributed by atoms with E-state index in [-0.39, 0.29) is 11.6 Å². The van der Waals surface area contributed by atoms with E-state index in [0.29, 0.717) is 49.5 Å². The maximum Gasteiger partial charge on any atom is 0.256 e. The van der Waals surface area contributed by atoms with Crippen molar-refractivity contribution in [3.05, 3.63) is 35.9 Å². The van der Waals surface area contributed by atoms with Gasteiger partial charge in [0.1, 0.15) is 0 Å². The number of aromatic nitrogens is 2. The highest BCUT2D eigenvalue weighted by molar-refractivity contribution is 7.92. The molecular weight excluding hydrogens is 398 g/mol. The number of benzene rings is 1.